The van der Waals surface area contributed by atoms with Crippen LogP contribution in [0.4, 0.5) is 0 Å². The van der Waals surface area contributed by atoms with Crippen LogP contribution in [0.2, 0.25) is 5.02 Å². The zero-order valence-corrected chi connectivity index (χ0v) is 10.6. The number of piperidine rings is 1. The maximum absolute atomic E-state index is 6.26. The third-order valence-corrected chi connectivity index (χ3v) is 3.40. The molecular weight excluding hydrogens is 222 g/mol. The van der Waals surface area contributed by atoms with E-state index in [1.54, 1.807) is 0 Å². The molecule has 88 valence electrons. The van der Waals surface area contributed by atoms with Gasteiger partial charge >= 0.3 is 0 Å². The van der Waals surface area contributed by atoms with E-state index in [1.807, 2.05) is 11.6 Å². The zero-order valence-electron chi connectivity index (χ0n) is 9.89. The lowest BCUT2D eigenvalue weighted by molar-refractivity contribution is 0.610. The van der Waals surface area contributed by atoms with E-state index in [2.05, 4.69) is 23.4 Å². The number of hydrogen-bond donors (Lipinski definition) is 1. The van der Waals surface area contributed by atoms with Gasteiger partial charge in [0.1, 0.15) is 0 Å². The van der Waals surface area contributed by atoms with Crippen molar-refractivity contribution < 1.29 is 0 Å². The van der Waals surface area contributed by atoms with Gasteiger partial charge in [-0.05, 0) is 39.3 Å². The third kappa shape index (κ3) is 2.30. The van der Waals surface area contributed by atoms with E-state index >= 15 is 0 Å². The molecule has 0 saturated carbocycles. The molecule has 1 fully saturated rings. The number of rotatable bonds is 2. The van der Waals surface area contributed by atoms with Crippen molar-refractivity contribution in [3.8, 4) is 0 Å². The second-order valence-corrected chi connectivity index (χ2v) is 4.56. The van der Waals surface area contributed by atoms with Crippen LogP contribution in [0.3, 0.4) is 0 Å². The molecule has 0 radical (unpaired) electrons. The third-order valence-electron chi connectivity index (χ3n) is 2.94. The van der Waals surface area contributed by atoms with Crippen LogP contribution in [0, 0.1) is 6.92 Å². The van der Waals surface area contributed by atoms with Gasteiger partial charge in [0.25, 0.3) is 0 Å². The predicted molar refractivity (Wildman–Crippen MR) is 67.7 cm³/mol. The molecule has 0 bridgehead atoms. The molecule has 1 aliphatic rings. The van der Waals surface area contributed by atoms with E-state index in [4.69, 9.17) is 11.6 Å². The molecule has 0 atom stereocenters. The van der Waals surface area contributed by atoms with Gasteiger partial charge in [0, 0.05) is 13.1 Å². The minimum Gasteiger partial charge on any atom is -0.313 e. The second kappa shape index (κ2) is 5.02. The minimum atomic E-state index is 0.792. The SMILES string of the molecule is CCn1nc(C)c(Cl)c1C=C1CCCNC1. The summed E-state index contributed by atoms with van der Waals surface area (Å²) in [6, 6.07) is 0. The van der Waals surface area contributed by atoms with Gasteiger partial charge in [-0.1, -0.05) is 17.2 Å². The molecule has 0 aromatic carbocycles. The smallest absolute Gasteiger partial charge is 0.0888 e. The number of hydrogen-bond acceptors (Lipinski definition) is 2. The number of halogens is 1. The lowest BCUT2D eigenvalue weighted by Gasteiger charge is -2.15. The molecule has 0 aliphatic carbocycles. The molecule has 0 unspecified atom stereocenters. The van der Waals surface area contributed by atoms with E-state index in [-0.39, 0.29) is 0 Å². The van der Waals surface area contributed by atoms with Gasteiger partial charge in [0.05, 0.1) is 16.4 Å². The van der Waals surface area contributed by atoms with Gasteiger partial charge in [0.2, 0.25) is 0 Å². The van der Waals surface area contributed by atoms with Crippen LogP contribution >= 0.6 is 11.6 Å². The fourth-order valence-electron chi connectivity index (χ4n) is 2.05. The number of nitrogens with zero attached hydrogens (tertiary/aromatic N) is 2. The van der Waals surface area contributed by atoms with Gasteiger partial charge < -0.3 is 5.32 Å². The van der Waals surface area contributed by atoms with Crippen LogP contribution in [-0.4, -0.2) is 22.9 Å². The molecule has 3 nitrogen and oxygen atoms in total. The first-order chi connectivity index (χ1) is 7.72. The maximum Gasteiger partial charge on any atom is 0.0888 e. The molecule has 1 aliphatic heterocycles. The summed E-state index contributed by atoms with van der Waals surface area (Å²) in [5.74, 6) is 0. The Balaban J connectivity index is 2.31. The van der Waals surface area contributed by atoms with Crippen molar-refractivity contribution in [3.05, 3.63) is 22.0 Å². The van der Waals surface area contributed by atoms with Crippen molar-refractivity contribution in [2.24, 2.45) is 0 Å². The fraction of sp³-hybridized carbons (Fsp3) is 0.583. The summed E-state index contributed by atoms with van der Waals surface area (Å²) in [4.78, 5) is 0. The van der Waals surface area contributed by atoms with Crippen LogP contribution in [0.25, 0.3) is 6.08 Å². The first-order valence-electron chi connectivity index (χ1n) is 5.85. The Morgan fingerprint density at radius 3 is 3.00 bits per heavy atom. The Morgan fingerprint density at radius 1 is 1.56 bits per heavy atom. The second-order valence-electron chi connectivity index (χ2n) is 4.18. The Morgan fingerprint density at radius 2 is 2.38 bits per heavy atom. The van der Waals surface area contributed by atoms with E-state index < -0.39 is 0 Å². The first kappa shape index (κ1) is 11.7. The topological polar surface area (TPSA) is 29.9 Å². The summed E-state index contributed by atoms with van der Waals surface area (Å²) in [6.45, 7) is 7.00. The molecule has 1 saturated heterocycles. The predicted octanol–water partition coefficient (Wildman–Crippen LogP) is 2.63. The molecule has 1 N–H and O–H groups in total. The van der Waals surface area contributed by atoms with Gasteiger partial charge in [-0.15, -0.1) is 0 Å². The van der Waals surface area contributed by atoms with E-state index in [0.29, 0.717) is 0 Å². The van der Waals surface area contributed by atoms with Gasteiger partial charge in [-0.3, -0.25) is 4.68 Å². The number of aryl methyl sites for hydroxylation is 2. The Labute approximate surface area is 101 Å². The van der Waals surface area contributed by atoms with Gasteiger partial charge in [-0.2, -0.15) is 5.10 Å². The number of aromatic nitrogens is 2. The zero-order chi connectivity index (χ0) is 11.5. The average Bonchev–Trinajstić information content (AvgIpc) is 2.58. The summed E-state index contributed by atoms with van der Waals surface area (Å²) in [6.07, 6.45) is 4.57. The fourth-order valence-corrected chi connectivity index (χ4v) is 2.24. The molecule has 2 rings (SSSR count). The average molecular weight is 240 g/mol. The summed E-state index contributed by atoms with van der Waals surface area (Å²) < 4.78 is 1.97. The quantitative estimate of drug-likeness (QED) is 0.860. The standard InChI is InChI=1S/C12H18ClN3/c1-3-16-11(12(13)9(2)15-16)7-10-5-4-6-14-8-10/h7,14H,3-6,8H2,1-2H3. The summed E-state index contributed by atoms with van der Waals surface area (Å²) >= 11 is 6.26. The van der Waals surface area contributed by atoms with Crippen molar-refractivity contribution >= 4 is 17.7 Å². The van der Waals surface area contributed by atoms with Crippen LogP contribution in [0.5, 0.6) is 0 Å². The normalized spacial score (nSPS) is 19.3. The highest BCUT2D eigenvalue weighted by Crippen LogP contribution is 2.24. The Bertz CT molecular complexity index is 399. The molecule has 1 aromatic rings. The highest BCUT2D eigenvalue weighted by Gasteiger charge is 2.12. The molecule has 2 heterocycles. The van der Waals surface area contributed by atoms with E-state index in [9.17, 15) is 0 Å². The molecule has 1 aromatic heterocycles. The van der Waals surface area contributed by atoms with Crippen molar-refractivity contribution in [3.63, 3.8) is 0 Å². The van der Waals surface area contributed by atoms with Crippen molar-refractivity contribution in [2.45, 2.75) is 33.2 Å². The van der Waals surface area contributed by atoms with E-state index in [0.717, 1.165) is 42.5 Å². The van der Waals surface area contributed by atoms with Crippen LogP contribution in [0.1, 0.15) is 31.2 Å². The van der Waals surface area contributed by atoms with Crippen molar-refractivity contribution in [1.29, 1.82) is 0 Å². The monoisotopic (exact) mass is 239 g/mol. The van der Waals surface area contributed by atoms with Crippen LogP contribution in [-0.2, 0) is 6.54 Å². The molecule has 0 spiro atoms. The van der Waals surface area contributed by atoms with Gasteiger partial charge in [-0.25, -0.2) is 0 Å². The summed E-state index contributed by atoms with van der Waals surface area (Å²) in [7, 11) is 0. The van der Waals surface area contributed by atoms with E-state index in [1.165, 1.54) is 12.0 Å². The molecule has 4 heteroatoms. The van der Waals surface area contributed by atoms with Crippen molar-refractivity contribution in [1.82, 2.24) is 15.1 Å². The summed E-state index contributed by atoms with van der Waals surface area (Å²) in [5.41, 5.74) is 3.39. The lowest BCUT2D eigenvalue weighted by Crippen LogP contribution is -2.23. The van der Waals surface area contributed by atoms with Crippen LogP contribution < -0.4 is 5.32 Å². The highest BCUT2D eigenvalue weighted by molar-refractivity contribution is 6.32. The number of nitrogens with one attached hydrogen (secondary N) is 1. The maximum atomic E-state index is 6.26. The Kier molecular flexibility index (Phi) is 3.66. The Hall–Kier alpha value is -0.800. The molecule has 16 heavy (non-hydrogen) atoms. The largest absolute Gasteiger partial charge is 0.313 e. The lowest BCUT2D eigenvalue weighted by atomic mass is 10.1. The van der Waals surface area contributed by atoms with Crippen molar-refractivity contribution in [2.75, 3.05) is 13.1 Å². The molecule has 0 amide bonds. The highest BCUT2D eigenvalue weighted by atomic mass is 35.5. The first-order valence-corrected chi connectivity index (χ1v) is 6.23. The molecular formula is C12H18ClN3. The van der Waals surface area contributed by atoms with Crippen LogP contribution in [0.15, 0.2) is 5.57 Å². The summed E-state index contributed by atoms with van der Waals surface area (Å²) in [5, 5.41) is 8.58. The van der Waals surface area contributed by atoms with Gasteiger partial charge in [0.15, 0.2) is 0 Å². The minimum absolute atomic E-state index is 0.792.